The normalized spacial score (nSPS) is 26.1. The Morgan fingerprint density at radius 3 is 3.00 bits per heavy atom. The first-order valence-corrected chi connectivity index (χ1v) is 4.83. The van der Waals surface area contributed by atoms with Gasteiger partial charge in [0.15, 0.2) is 0 Å². The molecule has 1 atom stereocenters. The van der Waals surface area contributed by atoms with Crippen LogP contribution in [0.3, 0.4) is 0 Å². The second-order valence-electron chi connectivity index (χ2n) is 3.71. The van der Waals surface area contributed by atoms with Crippen molar-refractivity contribution in [1.29, 1.82) is 0 Å². The van der Waals surface area contributed by atoms with E-state index in [1.165, 1.54) is 6.54 Å². The summed E-state index contributed by atoms with van der Waals surface area (Å²) in [6.07, 6.45) is 3.12. The highest BCUT2D eigenvalue weighted by Gasteiger charge is 2.22. The maximum Gasteiger partial charge on any atom is 0.0258 e. The monoisotopic (exact) mass is 168 g/mol. The second kappa shape index (κ2) is 4.63. The van der Waals surface area contributed by atoms with Crippen molar-refractivity contribution in [3.8, 4) is 0 Å². The van der Waals surface area contributed by atoms with Crippen LogP contribution in [0.4, 0.5) is 0 Å². The zero-order valence-corrected chi connectivity index (χ0v) is 8.21. The number of nitrogens with one attached hydrogen (secondary N) is 1. The molecule has 1 saturated heterocycles. The number of nitrogens with zero attached hydrogens (tertiary/aromatic N) is 1. The van der Waals surface area contributed by atoms with Gasteiger partial charge in [0.25, 0.3) is 0 Å². The van der Waals surface area contributed by atoms with Crippen molar-refractivity contribution in [1.82, 2.24) is 10.2 Å². The third kappa shape index (κ3) is 2.32. The van der Waals surface area contributed by atoms with E-state index in [-0.39, 0.29) is 0 Å². The van der Waals surface area contributed by atoms with Gasteiger partial charge in [-0.2, -0.15) is 0 Å². The summed E-state index contributed by atoms with van der Waals surface area (Å²) in [5.74, 6) is 0. The molecule has 0 bridgehead atoms. The summed E-state index contributed by atoms with van der Waals surface area (Å²) in [5, 5.41) is 3.42. The fourth-order valence-electron chi connectivity index (χ4n) is 1.87. The van der Waals surface area contributed by atoms with Crippen LogP contribution in [-0.4, -0.2) is 36.6 Å². The van der Waals surface area contributed by atoms with Gasteiger partial charge < -0.3 is 5.32 Å². The Morgan fingerprint density at radius 1 is 1.67 bits per heavy atom. The van der Waals surface area contributed by atoms with E-state index in [1.807, 2.05) is 6.08 Å². The summed E-state index contributed by atoms with van der Waals surface area (Å²) in [6, 6.07) is 1.33. The van der Waals surface area contributed by atoms with Gasteiger partial charge in [0.05, 0.1) is 0 Å². The lowest BCUT2D eigenvalue weighted by Crippen LogP contribution is -2.53. The topological polar surface area (TPSA) is 15.3 Å². The molecular formula is C10H20N2. The molecule has 70 valence electrons. The molecule has 12 heavy (non-hydrogen) atoms. The minimum atomic E-state index is 0.663. The maximum atomic E-state index is 3.79. The van der Waals surface area contributed by atoms with Crippen molar-refractivity contribution in [3.63, 3.8) is 0 Å². The molecule has 0 radical (unpaired) electrons. The molecule has 0 aliphatic carbocycles. The quantitative estimate of drug-likeness (QED) is 0.638. The zero-order valence-electron chi connectivity index (χ0n) is 8.21. The van der Waals surface area contributed by atoms with E-state index in [9.17, 15) is 0 Å². The largest absolute Gasteiger partial charge is 0.314 e. The maximum absolute atomic E-state index is 3.79. The number of piperazine rings is 1. The highest BCUT2D eigenvalue weighted by molar-refractivity contribution is 4.86. The smallest absolute Gasteiger partial charge is 0.0258 e. The average molecular weight is 168 g/mol. The van der Waals surface area contributed by atoms with Crippen LogP contribution in [0.2, 0.25) is 0 Å². The van der Waals surface area contributed by atoms with E-state index in [2.05, 4.69) is 30.6 Å². The first-order chi connectivity index (χ1) is 5.75. The Bertz CT molecular complexity index is 143. The fraction of sp³-hybridized carbons (Fsp3) is 0.800. The predicted octanol–water partition coefficient (Wildman–Crippen LogP) is 1.24. The molecule has 0 saturated carbocycles. The molecule has 1 aliphatic heterocycles. The Labute approximate surface area is 75.6 Å². The van der Waals surface area contributed by atoms with Gasteiger partial charge in [0, 0.05) is 31.7 Å². The number of rotatable bonds is 3. The summed E-state index contributed by atoms with van der Waals surface area (Å²) < 4.78 is 0. The van der Waals surface area contributed by atoms with E-state index in [1.54, 1.807) is 0 Å². The van der Waals surface area contributed by atoms with Crippen LogP contribution >= 0.6 is 0 Å². The van der Waals surface area contributed by atoms with Crippen molar-refractivity contribution in [2.24, 2.45) is 0 Å². The van der Waals surface area contributed by atoms with E-state index in [0.717, 1.165) is 19.5 Å². The third-order valence-electron chi connectivity index (χ3n) is 2.50. The molecule has 1 fully saturated rings. The molecule has 0 spiro atoms. The molecule has 1 rings (SSSR count). The molecule has 1 N–H and O–H groups in total. The molecule has 0 aromatic rings. The van der Waals surface area contributed by atoms with Crippen LogP contribution in [0.1, 0.15) is 20.3 Å². The Balaban J connectivity index is 2.47. The molecule has 0 amide bonds. The lowest BCUT2D eigenvalue weighted by Gasteiger charge is -2.38. The first-order valence-electron chi connectivity index (χ1n) is 4.83. The Morgan fingerprint density at radius 2 is 2.42 bits per heavy atom. The average Bonchev–Trinajstić information content (AvgIpc) is 2.05. The van der Waals surface area contributed by atoms with Crippen LogP contribution in [0.15, 0.2) is 12.7 Å². The molecule has 1 unspecified atom stereocenters. The van der Waals surface area contributed by atoms with E-state index in [4.69, 9.17) is 0 Å². The van der Waals surface area contributed by atoms with Gasteiger partial charge in [0.2, 0.25) is 0 Å². The van der Waals surface area contributed by atoms with Crippen LogP contribution in [-0.2, 0) is 0 Å². The molecule has 2 heteroatoms. The van der Waals surface area contributed by atoms with Gasteiger partial charge in [-0.1, -0.05) is 6.08 Å². The first kappa shape index (κ1) is 9.75. The van der Waals surface area contributed by atoms with Crippen molar-refractivity contribution >= 4 is 0 Å². The summed E-state index contributed by atoms with van der Waals surface area (Å²) >= 11 is 0. The predicted molar refractivity (Wildman–Crippen MR) is 53.3 cm³/mol. The van der Waals surface area contributed by atoms with Gasteiger partial charge >= 0.3 is 0 Å². The summed E-state index contributed by atoms with van der Waals surface area (Å²) in [7, 11) is 0. The van der Waals surface area contributed by atoms with Crippen LogP contribution < -0.4 is 5.32 Å². The van der Waals surface area contributed by atoms with E-state index < -0.39 is 0 Å². The number of hydrogen-bond acceptors (Lipinski definition) is 2. The van der Waals surface area contributed by atoms with Crippen LogP contribution in [0.25, 0.3) is 0 Å². The van der Waals surface area contributed by atoms with Gasteiger partial charge in [-0.3, -0.25) is 4.90 Å². The van der Waals surface area contributed by atoms with Gasteiger partial charge in [-0.25, -0.2) is 0 Å². The van der Waals surface area contributed by atoms with E-state index in [0.29, 0.717) is 12.1 Å². The highest BCUT2D eigenvalue weighted by Crippen LogP contribution is 2.11. The summed E-state index contributed by atoms with van der Waals surface area (Å²) in [5.41, 5.74) is 0. The van der Waals surface area contributed by atoms with Crippen molar-refractivity contribution < 1.29 is 0 Å². The molecule has 2 nitrogen and oxygen atoms in total. The fourth-order valence-corrected chi connectivity index (χ4v) is 1.87. The van der Waals surface area contributed by atoms with E-state index >= 15 is 0 Å². The molecule has 1 aliphatic rings. The second-order valence-corrected chi connectivity index (χ2v) is 3.71. The lowest BCUT2D eigenvalue weighted by atomic mass is 10.1. The summed E-state index contributed by atoms with van der Waals surface area (Å²) in [4.78, 5) is 2.55. The molecular weight excluding hydrogens is 148 g/mol. The van der Waals surface area contributed by atoms with Crippen molar-refractivity contribution in [2.45, 2.75) is 32.4 Å². The van der Waals surface area contributed by atoms with Crippen LogP contribution in [0, 0.1) is 0 Å². The summed E-state index contributed by atoms with van der Waals surface area (Å²) in [6.45, 7) is 11.7. The third-order valence-corrected chi connectivity index (χ3v) is 2.50. The Kier molecular flexibility index (Phi) is 3.76. The van der Waals surface area contributed by atoms with Gasteiger partial charge in [0.1, 0.15) is 0 Å². The minimum Gasteiger partial charge on any atom is -0.314 e. The molecule has 0 aromatic heterocycles. The van der Waals surface area contributed by atoms with Crippen molar-refractivity contribution in [3.05, 3.63) is 12.7 Å². The van der Waals surface area contributed by atoms with Crippen LogP contribution in [0.5, 0.6) is 0 Å². The number of hydrogen-bond donors (Lipinski definition) is 1. The van der Waals surface area contributed by atoms with Crippen molar-refractivity contribution in [2.75, 3.05) is 19.6 Å². The molecule has 0 aromatic carbocycles. The van der Waals surface area contributed by atoms with Gasteiger partial charge in [-0.05, 0) is 20.3 Å². The Hall–Kier alpha value is -0.340. The minimum absolute atomic E-state index is 0.663. The highest BCUT2D eigenvalue weighted by atomic mass is 15.2. The van der Waals surface area contributed by atoms with Gasteiger partial charge in [-0.15, -0.1) is 6.58 Å². The lowest BCUT2D eigenvalue weighted by molar-refractivity contribution is 0.125. The standard InChI is InChI=1S/C10H20N2/c1-4-5-10-8-11-6-7-12(10)9(2)3/h4,9-11H,1,5-8H2,2-3H3. The molecule has 1 heterocycles. The zero-order chi connectivity index (χ0) is 8.97. The SMILES string of the molecule is C=CCC1CNCCN1C(C)C.